The molecular weight excluding hydrogens is 311 g/mol. The van der Waals surface area contributed by atoms with Crippen LogP contribution in [0.4, 0.5) is 0 Å². The topological polar surface area (TPSA) is 58.2 Å². The zero-order chi connectivity index (χ0) is 12.6. The van der Waals surface area contributed by atoms with Gasteiger partial charge in [-0.2, -0.15) is 0 Å². The summed E-state index contributed by atoms with van der Waals surface area (Å²) < 4.78 is 0.339. The van der Waals surface area contributed by atoms with E-state index < -0.39 is 5.92 Å². The van der Waals surface area contributed by atoms with Crippen LogP contribution in [0, 0.1) is 29.8 Å². The Balaban J connectivity index is 4.14. The van der Waals surface area contributed by atoms with E-state index in [-0.39, 0.29) is 11.8 Å². The van der Waals surface area contributed by atoms with Crippen LogP contribution in [0.1, 0.15) is 20.8 Å². The second-order valence-corrected chi connectivity index (χ2v) is 6.07. The van der Waals surface area contributed by atoms with E-state index in [0.29, 0.717) is 3.93 Å². The van der Waals surface area contributed by atoms with Crippen molar-refractivity contribution in [3.8, 4) is 23.9 Å². The molecule has 2 unspecified atom stereocenters. The quantitative estimate of drug-likeness (QED) is 0.388. The van der Waals surface area contributed by atoms with Crippen LogP contribution in [0.5, 0.6) is 0 Å². The Hall–Kier alpha value is -1.14. The Morgan fingerprint density at radius 1 is 1.12 bits per heavy atom. The summed E-state index contributed by atoms with van der Waals surface area (Å²) in [6, 6.07) is 5.01. The zero-order valence-corrected chi connectivity index (χ0v) is 12.8. The minimum absolute atomic E-state index is 0.246. The second-order valence-electron chi connectivity index (χ2n) is 3.22. The second kappa shape index (κ2) is 8.06. The molecule has 84 valence electrons. The van der Waals surface area contributed by atoms with E-state index in [9.17, 15) is 9.59 Å². The van der Waals surface area contributed by atoms with Crippen molar-refractivity contribution >= 4 is 34.3 Å². The van der Waals surface area contributed by atoms with Gasteiger partial charge < -0.3 is 0 Å². The molecule has 16 heavy (non-hydrogen) atoms. The molecule has 2 amide bonds. The van der Waals surface area contributed by atoms with E-state index >= 15 is 0 Å². The maximum atomic E-state index is 11.4. The van der Waals surface area contributed by atoms with Gasteiger partial charge in [-0.15, -0.1) is 0 Å². The van der Waals surface area contributed by atoms with E-state index in [1.807, 2.05) is 6.92 Å². The van der Waals surface area contributed by atoms with Crippen molar-refractivity contribution in [2.45, 2.75) is 24.7 Å². The first-order valence-electron chi connectivity index (χ1n) is 4.76. The molecule has 0 heterocycles. The molecule has 5 heteroatoms. The van der Waals surface area contributed by atoms with E-state index in [1.165, 1.54) is 6.92 Å². The number of rotatable bonds is 1. The number of carbonyl (C=O) groups is 2. The number of nitrogens with one attached hydrogen (secondary N) is 2. The van der Waals surface area contributed by atoms with Crippen LogP contribution in [0.15, 0.2) is 0 Å². The van der Waals surface area contributed by atoms with E-state index in [4.69, 9.17) is 0 Å². The fourth-order valence-electron chi connectivity index (χ4n) is 0.618. The summed E-state index contributed by atoms with van der Waals surface area (Å²) in [7, 11) is 0. The van der Waals surface area contributed by atoms with Gasteiger partial charge in [0.15, 0.2) is 0 Å². The van der Waals surface area contributed by atoms with Crippen molar-refractivity contribution < 1.29 is 9.59 Å². The average molecular weight is 325 g/mol. The first-order chi connectivity index (χ1) is 7.43. The van der Waals surface area contributed by atoms with E-state index in [2.05, 4.69) is 34.6 Å². The molecule has 0 saturated carbocycles. The Morgan fingerprint density at radius 2 is 1.69 bits per heavy atom. The molecule has 0 aliphatic heterocycles. The molecule has 0 rings (SSSR count). The Morgan fingerprint density at radius 3 is 2.19 bits per heavy atom. The van der Waals surface area contributed by atoms with Crippen LogP contribution < -0.4 is 10.6 Å². The molecule has 0 bridgehead atoms. The normalized spacial score (nSPS) is 12.0. The fourth-order valence-corrected chi connectivity index (χ4v) is 0.856. The van der Waals surface area contributed by atoms with Gasteiger partial charge in [0.1, 0.15) is 0 Å². The monoisotopic (exact) mass is 326 g/mol. The molecule has 0 aromatic heterocycles. The van der Waals surface area contributed by atoms with Crippen LogP contribution in [0.25, 0.3) is 0 Å². The maximum absolute atomic E-state index is 11.4. The third-order valence-corrected chi connectivity index (χ3v) is 1.88. The van der Waals surface area contributed by atoms with Gasteiger partial charge >= 0.3 is 109 Å². The van der Waals surface area contributed by atoms with Crippen molar-refractivity contribution in [2.24, 2.45) is 5.92 Å². The van der Waals surface area contributed by atoms with Gasteiger partial charge in [0.05, 0.1) is 0 Å². The van der Waals surface area contributed by atoms with Gasteiger partial charge in [0.2, 0.25) is 0 Å². The number of hydrogen-bond donors (Lipinski definition) is 2. The number of hydrogen-bond acceptors (Lipinski definition) is 2. The Kier molecular flexibility index (Phi) is 7.49. The van der Waals surface area contributed by atoms with Crippen molar-refractivity contribution in [3.05, 3.63) is 0 Å². The summed E-state index contributed by atoms with van der Waals surface area (Å²) in [5, 5.41) is 4.75. The van der Waals surface area contributed by atoms with E-state index in [1.54, 1.807) is 6.92 Å². The minimum atomic E-state index is -0.496. The molecule has 0 saturated heterocycles. The summed E-state index contributed by atoms with van der Waals surface area (Å²) in [4.78, 5) is 21.9. The van der Waals surface area contributed by atoms with Crippen LogP contribution >= 0.6 is 0 Å². The van der Waals surface area contributed by atoms with Crippen LogP contribution in [0.2, 0.25) is 3.93 Å². The molecule has 2 atom stereocenters. The summed E-state index contributed by atoms with van der Waals surface area (Å²) in [6.45, 7) is 4.99. The van der Waals surface area contributed by atoms with Gasteiger partial charge in [-0.05, 0) is 0 Å². The Labute approximate surface area is 109 Å². The van der Waals surface area contributed by atoms with Crippen molar-refractivity contribution in [1.29, 1.82) is 0 Å². The molecule has 2 N–H and O–H groups in total. The molecule has 0 aromatic carbocycles. The van der Waals surface area contributed by atoms with Crippen LogP contribution in [-0.4, -0.2) is 34.3 Å². The predicted octanol–water partition coefficient (Wildman–Crippen LogP) is -0.494. The van der Waals surface area contributed by atoms with Crippen LogP contribution in [-0.2, 0) is 9.59 Å². The number of amides is 2. The summed E-state index contributed by atoms with van der Waals surface area (Å²) >= 11 is 1.04. The van der Waals surface area contributed by atoms with E-state index in [0.717, 1.165) is 22.5 Å². The SMILES string of the molecule is CC(=O)NC#CC(C)C(=O)NC#C[CH](C)[SnH]. The summed E-state index contributed by atoms with van der Waals surface area (Å²) in [5.41, 5.74) is 0. The zero-order valence-electron chi connectivity index (χ0n) is 9.55. The third kappa shape index (κ3) is 8.19. The Bertz CT molecular complexity index is 382. The van der Waals surface area contributed by atoms with Gasteiger partial charge in [-0.3, -0.25) is 0 Å². The summed E-state index contributed by atoms with van der Waals surface area (Å²) in [5.74, 6) is 4.46. The van der Waals surface area contributed by atoms with Gasteiger partial charge in [0.25, 0.3) is 0 Å². The van der Waals surface area contributed by atoms with Crippen LogP contribution in [0.3, 0.4) is 0 Å². The average Bonchev–Trinajstić information content (AvgIpc) is 2.16. The summed E-state index contributed by atoms with van der Waals surface area (Å²) in [6.07, 6.45) is 0. The third-order valence-electron chi connectivity index (χ3n) is 1.41. The molecule has 0 fully saturated rings. The standard InChI is InChI=1S/C11H13N2O2.Sn.H/c1-4-5-7-13-11(15)9(2)6-8-12-10(3)14;;/h4,9H,1-3H3,(H,12,14)(H,13,15);;. The first-order valence-corrected chi connectivity index (χ1v) is 6.67. The fraction of sp³-hybridized carbons (Fsp3) is 0.455. The predicted molar refractivity (Wildman–Crippen MR) is 63.2 cm³/mol. The molecule has 0 spiro atoms. The van der Waals surface area contributed by atoms with Gasteiger partial charge in [0, 0.05) is 0 Å². The molecular formula is C11H14N2O2Sn. The first kappa shape index (κ1) is 14.9. The molecule has 0 aliphatic rings. The number of carbonyl (C=O) groups excluding carboxylic acids is 2. The van der Waals surface area contributed by atoms with Crippen molar-refractivity contribution in [2.75, 3.05) is 0 Å². The molecule has 4 nitrogen and oxygen atoms in total. The molecule has 2 radical (unpaired) electrons. The molecule has 0 aromatic rings. The van der Waals surface area contributed by atoms with Crippen molar-refractivity contribution in [1.82, 2.24) is 10.6 Å². The van der Waals surface area contributed by atoms with Crippen molar-refractivity contribution in [3.63, 3.8) is 0 Å². The van der Waals surface area contributed by atoms with Gasteiger partial charge in [-0.25, -0.2) is 0 Å². The molecule has 0 aliphatic carbocycles. The van der Waals surface area contributed by atoms with Gasteiger partial charge in [-0.1, -0.05) is 0 Å².